The molecular formula is C41H51N9O14. The molecule has 0 fully saturated rings. The van der Waals surface area contributed by atoms with Crippen LogP contribution in [-0.4, -0.2) is 132 Å². The Morgan fingerprint density at radius 2 is 1.11 bits per heavy atom. The highest BCUT2D eigenvalue weighted by atomic mass is 16.5. The lowest BCUT2D eigenvalue weighted by Gasteiger charge is -2.32. The molecule has 2 atom stereocenters. The van der Waals surface area contributed by atoms with Crippen molar-refractivity contribution in [3.05, 3.63) is 137 Å². The number of carbonyl (C=O) groups is 5. The number of hydrogen-bond donors (Lipinski definition) is 7. The molecule has 0 aliphatic carbocycles. The number of pyridine rings is 4. The molecule has 4 rings (SSSR count). The van der Waals surface area contributed by atoms with Gasteiger partial charge in [0.25, 0.3) is 40.0 Å². The van der Waals surface area contributed by atoms with Crippen LogP contribution < -0.4 is 38.2 Å². The fourth-order valence-electron chi connectivity index (χ4n) is 6.59. The maximum atomic E-state index is 14.2. The lowest BCUT2D eigenvalue weighted by Crippen LogP contribution is -2.51. The first kappa shape index (κ1) is 49.0. The Bertz CT molecular complexity index is 2530. The topological polar surface area (TPSA) is 306 Å². The summed E-state index contributed by atoms with van der Waals surface area (Å²) in [7, 11) is 1.21. The van der Waals surface area contributed by atoms with Crippen molar-refractivity contribution in [1.82, 2.24) is 44.7 Å². The minimum Gasteiger partial charge on any atom is -0.469 e. The number of rotatable bonds is 23. The first-order valence-electron chi connectivity index (χ1n) is 20.2. The summed E-state index contributed by atoms with van der Waals surface area (Å²) in [6.07, 6.45) is 0.194. The Hall–Kier alpha value is -7.69. The lowest BCUT2D eigenvalue weighted by molar-refractivity contribution is -0.140. The van der Waals surface area contributed by atoms with E-state index in [0.717, 1.165) is 29.2 Å². The minimum atomic E-state index is -1.37. The van der Waals surface area contributed by atoms with Gasteiger partial charge in [0.2, 0.25) is 5.91 Å². The molecule has 0 radical (unpaired) electrons. The van der Waals surface area contributed by atoms with Crippen molar-refractivity contribution in [3.8, 4) is 0 Å². The van der Waals surface area contributed by atoms with E-state index in [4.69, 9.17) is 0 Å². The maximum Gasteiger partial charge on any atom is 0.305 e. The molecule has 0 aliphatic rings. The van der Waals surface area contributed by atoms with Crippen molar-refractivity contribution >= 4 is 29.6 Å². The van der Waals surface area contributed by atoms with Crippen molar-refractivity contribution < 1.29 is 49.5 Å². The first-order valence-corrected chi connectivity index (χ1v) is 20.2. The molecule has 23 heteroatoms. The minimum absolute atomic E-state index is 0.00237. The number of aromatic nitrogens is 4. The van der Waals surface area contributed by atoms with Gasteiger partial charge < -0.3 is 51.3 Å². The van der Waals surface area contributed by atoms with Gasteiger partial charge in [-0.2, -0.15) is 4.73 Å². The van der Waals surface area contributed by atoms with Crippen LogP contribution in [0.1, 0.15) is 88.6 Å². The Kier molecular flexibility index (Phi) is 18.0. The molecule has 4 aromatic heterocycles. The quantitative estimate of drug-likeness (QED) is 0.0284. The summed E-state index contributed by atoms with van der Waals surface area (Å²) in [6, 6.07) is 12.8. The third kappa shape index (κ3) is 12.9. The van der Waals surface area contributed by atoms with Crippen LogP contribution in [0.25, 0.3) is 0 Å². The fraction of sp³-hybridized carbons (Fsp3) is 0.390. The summed E-state index contributed by atoms with van der Waals surface area (Å²) in [5.41, 5.74) is -4.26. The predicted molar refractivity (Wildman–Crippen MR) is 224 cm³/mol. The van der Waals surface area contributed by atoms with E-state index in [1.165, 1.54) is 54.5 Å². The Morgan fingerprint density at radius 1 is 0.609 bits per heavy atom. The summed E-state index contributed by atoms with van der Waals surface area (Å²) in [4.78, 5) is 118. The van der Waals surface area contributed by atoms with Crippen LogP contribution in [0.4, 0.5) is 0 Å². The fourth-order valence-corrected chi connectivity index (χ4v) is 6.59. The second kappa shape index (κ2) is 23.5. The Morgan fingerprint density at radius 3 is 1.72 bits per heavy atom. The number of hydrogen-bond acceptors (Lipinski definition) is 15. The van der Waals surface area contributed by atoms with Crippen LogP contribution in [0.15, 0.2) is 92.0 Å². The van der Waals surface area contributed by atoms with Crippen LogP contribution in [-0.2, 0) is 14.3 Å². The number of ether oxygens (including phenoxy) is 1. The third-order valence-corrected chi connectivity index (χ3v) is 10.00. The number of amides is 4. The van der Waals surface area contributed by atoms with Gasteiger partial charge in [0.15, 0.2) is 0 Å². The zero-order valence-corrected chi connectivity index (χ0v) is 35.1. The largest absolute Gasteiger partial charge is 0.469 e. The average molecular weight is 894 g/mol. The van der Waals surface area contributed by atoms with Gasteiger partial charge in [0.05, 0.1) is 12.8 Å². The van der Waals surface area contributed by atoms with Gasteiger partial charge >= 0.3 is 5.97 Å². The zero-order valence-electron chi connectivity index (χ0n) is 35.1. The van der Waals surface area contributed by atoms with E-state index < -0.39 is 69.6 Å². The van der Waals surface area contributed by atoms with E-state index in [1.54, 1.807) is 13.0 Å². The van der Waals surface area contributed by atoms with E-state index in [-0.39, 0.29) is 109 Å². The van der Waals surface area contributed by atoms with Crippen molar-refractivity contribution in [2.75, 3.05) is 46.4 Å². The van der Waals surface area contributed by atoms with Gasteiger partial charge in [-0.15, -0.1) is 14.2 Å². The van der Waals surface area contributed by atoms with Gasteiger partial charge in [0, 0.05) is 69.5 Å². The molecular weight excluding hydrogens is 842 g/mol. The van der Waals surface area contributed by atoms with Crippen molar-refractivity contribution in [1.29, 1.82) is 0 Å². The SMILES string of the molecule is COC(=O)CCCNC(=O)C(CCCN(CCCNC(C)c1cccc(=O)n1O)C(=O)c1cccc(=O)n1O)N(CCCNC(=O)c1cccc(=O)n1O)C(=O)c1cccc(=O)n1O. The molecule has 0 saturated carbocycles. The van der Waals surface area contributed by atoms with Gasteiger partial charge in [-0.25, -0.2) is 0 Å². The highest BCUT2D eigenvalue weighted by Gasteiger charge is 2.32. The molecule has 0 saturated heterocycles. The Labute approximate surface area is 364 Å². The average Bonchev–Trinajstić information content (AvgIpc) is 3.27. The second-order valence-electron chi connectivity index (χ2n) is 14.3. The standard InChI is InChI=1S/C41H51N9O14/c1-27(28-11-3-16-33(51)47(28)60)42-22-9-25-45(40(58)31-13-5-18-35(53)49(31)62)24-8-15-29(38(56)43-21-7-20-37(55)64-2)46(41(59)32-14-6-19-36(54)50(32)63)26-10-23-44-39(57)30-12-4-17-34(52)48(30)61/h3-6,11-14,16-19,27,29,42,60-63H,7-10,15,20-26H2,1-2H3,(H,43,56)(H,44,57). The van der Waals surface area contributed by atoms with Gasteiger partial charge in [-0.3, -0.25) is 43.2 Å². The smallest absolute Gasteiger partial charge is 0.305 e. The number of nitrogens with one attached hydrogen (secondary N) is 3. The Balaban J connectivity index is 1.60. The predicted octanol–water partition coefficient (Wildman–Crippen LogP) is -0.354. The molecule has 4 heterocycles. The molecule has 0 aliphatic heterocycles. The molecule has 4 amide bonds. The first-order chi connectivity index (χ1) is 30.6. The van der Waals surface area contributed by atoms with E-state index in [2.05, 4.69) is 20.7 Å². The number of carbonyl (C=O) groups excluding carboxylic acids is 5. The van der Waals surface area contributed by atoms with Crippen LogP contribution in [0, 0.1) is 0 Å². The molecule has 2 unspecified atom stereocenters. The molecule has 23 nitrogen and oxygen atoms in total. The molecule has 0 aromatic carbocycles. The molecule has 4 aromatic rings. The summed E-state index contributed by atoms with van der Waals surface area (Å²) in [5.74, 6) is -3.81. The summed E-state index contributed by atoms with van der Waals surface area (Å²) in [6.45, 7) is 1.42. The van der Waals surface area contributed by atoms with Crippen molar-refractivity contribution in [2.24, 2.45) is 0 Å². The second-order valence-corrected chi connectivity index (χ2v) is 14.3. The van der Waals surface area contributed by atoms with E-state index in [9.17, 15) is 64.0 Å². The van der Waals surface area contributed by atoms with Crippen LogP contribution >= 0.6 is 0 Å². The van der Waals surface area contributed by atoms with E-state index >= 15 is 0 Å². The maximum absolute atomic E-state index is 14.2. The van der Waals surface area contributed by atoms with Crippen molar-refractivity contribution in [2.45, 2.75) is 57.5 Å². The lowest BCUT2D eigenvalue weighted by atomic mass is 10.1. The van der Waals surface area contributed by atoms with Gasteiger partial charge in [-0.05, 0) is 69.8 Å². The highest BCUT2D eigenvalue weighted by molar-refractivity contribution is 5.96. The number of esters is 1. The normalized spacial score (nSPS) is 11.8. The van der Waals surface area contributed by atoms with E-state index in [1.807, 2.05) is 0 Å². The summed E-state index contributed by atoms with van der Waals surface area (Å²) >= 11 is 0. The number of methoxy groups -OCH3 is 1. The molecule has 0 bridgehead atoms. The molecule has 64 heavy (non-hydrogen) atoms. The van der Waals surface area contributed by atoms with E-state index in [0.29, 0.717) is 4.73 Å². The van der Waals surface area contributed by atoms with Gasteiger partial charge in [-0.1, -0.05) is 24.3 Å². The van der Waals surface area contributed by atoms with Gasteiger partial charge in [0.1, 0.15) is 23.1 Å². The molecule has 7 N–H and O–H groups in total. The van der Waals surface area contributed by atoms with Crippen molar-refractivity contribution in [3.63, 3.8) is 0 Å². The monoisotopic (exact) mass is 893 g/mol. The molecule has 344 valence electrons. The van der Waals surface area contributed by atoms with Crippen LogP contribution in [0.2, 0.25) is 0 Å². The zero-order chi connectivity index (χ0) is 46.9. The van der Waals surface area contributed by atoms with Crippen LogP contribution in [0.3, 0.4) is 0 Å². The van der Waals surface area contributed by atoms with Crippen LogP contribution in [0.5, 0.6) is 0 Å². The third-order valence-electron chi connectivity index (χ3n) is 10.00. The summed E-state index contributed by atoms with van der Waals surface area (Å²) in [5, 5.41) is 49.6. The highest BCUT2D eigenvalue weighted by Crippen LogP contribution is 2.16. The molecule has 0 spiro atoms. The number of nitrogens with zero attached hydrogens (tertiary/aromatic N) is 6. The summed E-state index contributed by atoms with van der Waals surface area (Å²) < 4.78 is 5.64.